The third-order valence-electron chi connectivity index (χ3n) is 4.79. The van der Waals surface area contributed by atoms with Gasteiger partial charge in [-0.25, -0.2) is 9.07 Å². The fourth-order valence-corrected chi connectivity index (χ4v) is 4.03. The number of hydrogen-bond acceptors (Lipinski definition) is 4. The van der Waals surface area contributed by atoms with E-state index in [4.69, 9.17) is 9.73 Å². The van der Waals surface area contributed by atoms with Gasteiger partial charge in [0.25, 0.3) is 0 Å². The average molecular weight is 396 g/mol. The maximum atomic E-state index is 14.4. The number of benzene rings is 2. The Labute approximate surface area is 167 Å². The van der Waals surface area contributed by atoms with Crippen LogP contribution in [0.4, 0.5) is 4.39 Å². The number of halogens is 1. The Balaban J connectivity index is 1.76. The largest absolute Gasteiger partial charge is 0.376 e. The van der Waals surface area contributed by atoms with Crippen molar-refractivity contribution in [2.45, 2.75) is 25.9 Å². The van der Waals surface area contributed by atoms with Crippen molar-refractivity contribution in [2.24, 2.45) is 10.1 Å². The van der Waals surface area contributed by atoms with Crippen LogP contribution in [-0.4, -0.2) is 30.1 Å². The van der Waals surface area contributed by atoms with E-state index in [1.54, 1.807) is 23.0 Å². The number of hydrogen-bond donors (Lipinski definition) is 0. The Morgan fingerprint density at radius 1 is 1.21 bits per heavy atom. The minimum absolute atomic E-state index is 0.160. The van der Waals surface area contributed by atoms with Crippen molar-refractivity contribution < 1.29 is 9.13 Å². The van der Waals surface area contributed by atoms with Crippen LogP contribution in [-0.2, 0) is 4.74 Å². The monoisotopic (exact) mass is 395 g/mol. The Hall–Kier alpha value is -2.57. The molecule has 0 saturated carbocycles. The van der Waals surface area contributed by atoms with Crippen LogP contribution in [0.15, 0.2) is 64.0 Å². The SMILES string of the molecule is Cc1ccccc1/C=N\n1c(-c2ccccc2F)csc1=NC[C@@H]1CCCO1. The smallest absolute Gasteiger partial charge is 0.206 e. The summed E-state index contributed by atoms with van der Waals surface area (Å²) in [6.45, 7) is 3.44. The van der Waals surface area contributed by atoms with Crippen molar-refractivity contribution in [2.75, 3.05) is 13.2 Å². The maximum absolute atomic E-state index is 14.4. The number of ether oxygens (including phenoxy) is 1. The molecule has 2 heterocycles. The summed E-state index contributed by atoms with van der Waals surface area (Å²) in [6, 6.07) is 14.8. The van der Waals surface area contributed by atoms with Gasteiger partial charge in [0.2, 0.25) is 4.80 Å². The minimum atomic E-state index is -0.272. The molecule has 0 N–H and O–H groups in total. The second-order valence-corrected chi connectivity index (χ2v) is 7.61. The first-order chi connectivity index (χ1) is 13.7. The molecule has 4 nitrogen and oxygen atoms in total. The molecule has 1 atom stereocenters. The molecule has 0 bridgehead atoms. The summed E-state index contributed by atoms with van der Waals surface area (Å²) < 4.78 is 21.8. The quantitative estimate of drug-likeness (QED) is 0.581. The molecule has 1 aromatic heterocycles. The normalized spacial score (nSPS) is 17.6. The molecule has 3 aromatic rings. The van der Waals surface area contributed by atoms with Gasteiger partial charge in [-0.15, -0.1) is 11.3 Å². The van der Waals surface area contributed by atoms with Gasteiger partial charge in [0.15, 0.2) is 0 Å². The van der Waals surface area contributed by atoms with Crippen molar-refractivity contribution in [1.29, 1.82) is 0 Å². The molecular weight excluding hydrogens is 373 g/mol. The van der Waals surface area contributed by atoms with E-state index < -0.39 is 0 Å². The number of aryl methyl sites for hydroxylation is 1. The van der Waals surface area contributed by atoms with Gasteiger partial charge >= 0.3 is 0 Å². The van der Waals surface area contributed by atoms with Gasteiger partial charge in [0.1, 0.15) is 5.82 Å². The predicted octanol–water partition coefficient (Wildman–Crippen LogP) is 4.63. The fraction of sp³-hybridized carbons (Fsp3) is 0.273. The van der Waals surface area contributed by atoms with Gasteiger partial charge < -0.3 is 4.74 Å². The van der Waals surface area contributed by atoms with Crippen molar-refractivity contribution >= 4 is 17.6 Å². The zero-order valence-electron chi connectivity index (χ0n) is 15.7. The molecule has 0 aliphatic carbocycles. The molecule has 1 saturated heterocycles. The second kappa shape index (κ2) is 8.63. The van der Waals surface area contributed by atoms with Crippen molar-refractivity contribution in [1.82, 2.24) is 4.68 Å². The van der Waals surface area contributed by atoms with Gasteiger partial charge in [-0.05, 0) is 43.0 Å². The Bertz CT molecular complexity index is 1050. The van der Waals surface area contributed by atoms with Gasteiger partial charge in [-0.3, -0.25) is 4.99 Å². The zero-order chi connectivity index (χ0) is 19.3. The highest BCUT2D eigenvalue weighted by molar-refractivity contribution is 7.07. The lowest BCUT2D eigenvalue weighted by Crippen LogP contribution is -2.17. The van der Waals surface area contributed by atoms with E-state index in [1.165, 1.54) is 17.4 Å². The first-order valence-corrected chi connectivity index (χ1v) is 10.3. The van der Waals surface area contributed by atoms with Crippen molar-refractivity contribution in [3.63, 3.8) is 0 Å². The zero-order valence-corrected chi connectivity index (χ0v) is 16.5. The number of nitrogens with zero attached hydrogens (tertiary/aromatic N) is 3. The number of aromatic nitrogens is 1. The molecule has 1 aliphatic heterocycles. The summed E-state index contributed by atoms with van der Waals surface area (Å²) in [4.78, 5) is 5.45. The highest BCUT2D eigenvalue weighted by atomic mass is 32.1. The summed E-state index contributed by atoms with van der Waals surface area (Å²) in [5, 5.41) is 6.57. The van der Waals surface area contributed by atoms with E-state index in [9.17, 15) is 4.39 Å². The molecule has 28 heavy (non-hydrogen) atoms. The predicted molar refractivity (Wildman–Crippen MR) is 111 cm³/mol. The first kappa shape index (κ1) is 18.8. The molecule has 0 spiro atoms. The summed E-state index contributed by atoms with van der Waals surface area (Å²) in [5.41, 5.74) is 3.36. The Morgan fingerprint density at radius 3 is 2.82 bits per heavy atom. The molecule has 0 unspecified atom stereocenters. The van der Waals surface area contributed by atoms with Gasteiger partial charge in [-0.2, -0.15) is 5.10 Å². The summed E-state index contributed by atoms with van der Waals surface area (Å²) in [5.74, 6) is -0.272. The van der Waals surface area contributed by atoms with E-state index >= 15 is 0 Å². The summed E-state index contributed by atoms with van der Waals surface area (Å²) in [6.07, 6.45) is 4.07. The molecule has 4 rings (SSSR count). The minimum Gasteiger partial charge on any atom is -0.376 e. The van der Waals surface area contributed by atoms with Crippen LogP contribution < -0.4 is 4.80 Å². The lowest BCUT2D eigenvalue weighted by atomic mass is 10.1. The van der Waals surface area contributed by atoms with Crippen LogP contribution in [0, 0.1) is 12.7 Å². The van der Waals surface area contributed by atoms with Gasteiger partial charge in [-0.1, -0.05) is 36.4 Å². The van der Waals surface area contributed by atoms with E-state index in [1.807, 2.05) is 42.6 Å². The molecule has 1 aliphatic rings. The lowest BCUT2D eigenvalue weighted by Gasteiger charge is -2.06. The Kier molecular flexibility index (Phi) is 5.78. The summed E-state index contributed by atoms with van der Waals surface area (Å²) >= 11 is 1.46. The highest BCUT2D eigenvalue weighted by Gasteiger charge is 2.16. The molecule has 144 valence electrons. The Morgan fingerprint density at radius 2 is 2.04 bits per heavy atom. The molecular formula is C22H22FN3OS. The fourth-order valence-electron chi connectivity index (χ4n) is 3.19. The van der Waals surface area contributed by atoms with E-state index in [-0.39, 0.29) is 11.9 Å². The van der Waals surface area contributed by atoms with E-state index in [2.05, 4.69) is 5.10 Å². The standard InChI is InChI=1S/C22H22FN3OS/c1-16-7-2-3-8-17(16)13-25-26-21(19-10-4-5-11-20(19)23)15-28-22(26)24-14-18-9-6-12-27-18/h2-5,7-8,10-11,13,15,18H,6,9,12,14H2,1H3/b24-22?,25-13-/t18-/m0/s1. The topological polar surface area (TPSA) is 38.9 Å². The van der Waals surface area contributed by atoms with Crippen LogP contribution >= 0.6 is 11.3 Å². The van der Waals surface area contributed by atoms with Crippen LogP contribution in [0.2, 0.25) is 0 Å². The molecule has 1 fully saturated rings. The van der Waals surface area contributed by atoms with Crippen molar-refractivity contribution in [3.05, 3.63) is 75.7 Å². The second-order valence-electron chi connectivity index (χ2n) is 6.77. The van der Waals surface area contributed by atoms with E-state index in [0.29, 0.717) is 17.8 Å². The molecule has 0 amide bonds. The average Bonchev–Trinajstić information content (AvgIpc) is 3.36. The van der Waals surface area contributed by atoms with E-state index in [0.717, 1.165) is 35.4 Å². The number of thiazole rings is 1. The number of rotatable bonds is 5. The molecule has 2 aromatic carbocycles. The van der Waals surface area contributed by atoms with Gasteiger partial charge in [0.05, 0.1) is 24.6 Å². The van der Waals surface area contributed by atoms with Crippen LogP contribution in [0.3, 0.4) is 0 Å². The third-order valence-corrected chi connectivity index (χ3v) is 5.64. The van der Waals surface area contributed by atoms with Crippen molar-refractivity contribution in [3.8, 4) is 11.3 Å². The van der Waals surface area contributed by atoms with Gasteiger partial charge in [0, 0.05) is 17.6 Å². The maximum Gasteiger partial charge on any atom is 0.206 e. The molecule has 0 radical (unpaired) electrons. The van der Waals surface area contributed by atoms with Crippen LogP contribution in [0.1, 0.15) is 24.0 Å². The molecule has 6 heteroatoms. The highest BCUT2D eigenvalue weighted by Crippen LogP contribution is 2.23. The van der Waals surface area contributed by atoms with Crippen LogP contribution in [0.5, 0.6) is 0 Å². The summed E-state index contributed by atoms with van der Waals surface area (Å²) in [7, 11) is 0. The van der Waals surface area contributed by atoms with Crippen LogP contribution in [0.25, 0.3) is 11.3 Å². The first-order valence-electron chi connectivity index (χ1n) is 9.40. The lowest BCUT2D eigenvalue weighted by molar-refractivity contribution is 0.117. The third kappa shape index (κ3) is 4.13.